The van der Waals surface area contributed by atoms with Gasteiger partial charge in [0, 0.05) is 44.4 Å². The minimum absolute atomic E-state index is 0.0765. The Labute approximate surface area is 329 Å². The molecule has 56 heavy (non-hydrogen) atoms. The Hall–Kier alpha value is -6.00. The SMILES string of the molecule is Cc1ccc2c(c1)C(C)(C)c1cc(C)cc3c1N2c1cc(-n2c4ccccc4c4ccccc42)cc2c1B3c1cc(C)cc3c1N2c1ccc(C)cc1C3(C)C. The molecule has 4 heteroatoms. The van der Waals surface area contributed by atoms with Crippen LogP contribution >= 0.6 is 0 Å². The third-order valence-electron chi connectivity index (χ3n) is 13.8. The molecule has 0 aliphatic carbocycles. The average Bonchev–Trinajstić information content (AvgIpc) is 3.51. The molecule has 4 aliphatic rings. The summed E-state index contributed by atoms with van der Waals surface area (Å²) in [5.74, 6) is 0. The van der Waals surface area contributed by atoms with E-state index in [1.54, 1.807) is 0 Å². The van der Waals surface area contributed by atoms with Crippen LogP contribution in [0.2, 0.25) is 0 Å². The molecule has 270 valence electrons. The van der Waals surface area contributed by atoms with Gasteiger partial charge in [-0.3, -0.25) is 0 Å². The van der Waals surface area contributed by atoms with Crippen molar-refractivity contribution >= 4 is 79.0 Å². The molecule has 8 aromatic rings. The van der Waals surface area contributed by atoms with Gasteiger partial charge < -0.3 is 14.4 Å². The number of rotatable bonds is 1. The Morgan fingerprint density at radius 3 is 1.32 bits per heavy atom. The van der Waals surface area contributed by atoms with Crippen molar-refractivity contribution in [3.05, 3.63) is 166 Å². The number of benzene rings is 7. The maximum atomic E-state index is 2.66. The normalized spacial score (nSPS) is 16.0. The molecule has 0 fully saturated rings. The third-order valence-corrected chi connectivity index (χ3v) is 13.8. The predicted molar refractivity (Wildman–Crippen MR) is 238 cm³/mol. The second-order valence-electron chi connectivity index (χ2n) is 18.2. The van der Waals surface area contributed by atoms with Crippen LogP contribution in [0.15, 0.2) is 121 Å². The molecule has 0 radical (unpaired) electrons. The highest BCUT2D eigenvalue weighted by Crippen LogP contribution is 2.58. The number of para-hydroxylation sites is 2. The van der Waals surface area contributed by atoms with E-state index in [0.717, 1.165) is 0 Å². The number of aryl methyl sites for hydroxylation is 4. The molecule has 0 amide bonds. The van der Waals surface area contributed by atoms with E-state index >= 15 is 0 Å². The number of hydrogen-bond acceptors (Lipinski definition) is 2. The third kappa shape index (κ3) is 3.85. The van der Waals surface area contributed by atoms with Gasteiger partial charge in [-0.25, -0.2) is 0 Å². The van der Waals surface area contributed by atoms with Gasteiger partial charge in [0.15, 0.2) is 0 Å². The summed E-state index contributed by atoms with van der Waals surface area (Å²) in [5, 5.41) is 2.55. The molecular formula is C52H44BN3. The van der Waals surface area contributed by atoms with Crippen LogP contribution in [-0.2, 0) is 10.8 Å². The summed E-state index contributed by atoms with van der Waals surface area (Å²) in [6.07, 6.45) is 0. The molecule has 0 saturated carbocycles. The van der Waals surface area contributed by atoms with Crippen molar-refractivity contribution in [2.75, 3.05) is 9.80 Å². The van der Waals surface area contributed by atoms with Crippen molar-refractivity contribution in [3.63, 3.8) is 0 Å². The van der Waals surface area contributed by atoms with Gasteiger partial charge in [0.2, 0.25) is 0 Å². The Morgan fingerprint density at radius 2 is 0.857 bits per heavy atom. The monoisotopic (exact) mass is 721 g/mol. The largest absolute Gasteiger partial charge is 0.311 e. The van der Waals surface area contributed by atoms with Gasteiger partial charge in [-0.2, -0.15) is 0 Å². The van der Waals surface area contributed by atoms with Gasteiger partial charge in [-0.15, -0.1) is 0 Å². The highest BCUT2D eigenvalue weighted by molar-refractivity contribution is 7.00. The Balaban J connectivity index is 1.29. The molecule has 5 heterocycles. The average molecular weight is 722 g/mol. The molecule has 0 spiro atoms. The highest BCUT2D eigenvalue weighted by Gasteiger charge is 2.51. The van der Waals surface area contributed by atoms with Crippen molar-refractivity contribution < 1.29 is 0 Å². The summed E-state index contributed by atoms with van der Waals surface area (Å²) in [6.45, 7) is 18.9. The predicted octanol–water partition coefficient (Wildman–Crippen LogP) is 11.4. The van der Waals surface area contributed by atoms with E-state index in [2.05, 4.69) is 191 Å². The molecular weight excluding hydrogens is 677 g/mol. The molecule has 4 aliphatic heterocycles. The zero-order valence-electron chi connectivity index (χ0n) is 33.5. The van der Waals surface area contributed by atoms with Crippen molar-refractivity contribution in [2.24, 2.45) is 0 Å². The van der Waals surface area contributed by atoms with Crippen molar-refractivity contribution in [3.8, 4) is 5.69 Å². The van der Waals surface area contributed by atoms with E-state index in [1.807, 2.05) is 0 Å². The first-order chi connectivity index (χ1) is 26.9. The lowest BCUT2D eigenvalue weighted by atomic mass is 9.32. The van der Waals surface area contributed by atoms with Gasteiger partial charge >= 0.3 is 0 Å². The molecule has 0 bridgehead atoms. The van der Waals surface area contributed by atoms with Crippen LogP contribution in [0, 0.1) is 27.7 Å². The van der Waals surface area contributed by atoms with E-state index in [9.17, 15) is 0 Å². The molecule has 0 saturated heterocycles. The topological polar surface area (TPSA) is 11.4 Å². The van der Waals surface area contributed by atoms with E-state index in [4.69, 9.17) is 0 Å². The lowest BCUT2D eigenvalue weighted by Crippen LogP contribution is -2.63. The standard InChI is InChI=1S/C52H44BN3/c1-29-17-19-44-36(21-29)51(5,6)38-23-31(3)25-40-49(38)55(44)46-27-33(54-42-15-11-9-13-34(42)35-14-10-12-16-43(35)54)28-47-48(46)53(40)41-26-32(4)24-39-50(41)56(47)45-20-18-30(2)22-37(45)52(39,7)8/h9-28H,1-8H3. The molecule has 12 rings (SSSR count). The van der Waals surface area contributed by atoms with Gasteiger partial charge in [-0.1, -0.05) is 135 Å². The first-order valence-corrected chi connectivity index (χ1v) is 20.2. The maximum Gasteiger partial charge on any atom is 0.252 e. The summed E-state index contributed by atoms with van der Waals surface area (Å²) in [6, 6.07) is 47.1. The molecule has 3 nitrogen and oxygen atoms in total. The fraction of sp³-hybridized carbons (Fsp3) is 0.192. The van der Waals surface area contributed by atoms with Crippen LogP contribution in [0.25, 0.3) is 27.5 Å². The van der Waals surface area contributed by atoms with Crippen molar-refractivity contribution in [1.82, 2.24) is 4.57 Å². The number of nitrogens with zero attached hydrogens (tertiary/aromatic N) is 3. The summed E-state index contributed by atoms with van der Waals surface area (Å²) in [5.41, 5.74) is 26.1. The molecule has 7 aromatic carbocycles. The summed E-state index contributed by atoms with van der Waals surface area (Å²) in [7, 11) is 0. The van der Waals surface area contributed by atoms with E-state index in [1.165, 1.54) is 123 Å². The summed E-state index contributed by atoms with van der Waals surface area (Å²) in [4.78, 5) is 5.31. The molecule has 0 unspecified atom stereocenters. The van der Waals surface area contributed by atoms with Crippen LogP contribution in [0.1, 0.15) is 72.2 Å². The fourth-order valence-electron chi connectivity index (χ4n) is 11.3. The molecule has 0 N–H and O–H groups in total. The number of hydrogen-bond donors (Lipinski definition) is 0. The smallest absolute Gasteiger partial charge is 0.252 e. The van der Waals surface area contributed by atoms with Crippen molar-refractivity contribution in [2.45, 2.75) is 66.2 Å². The second kappa shape index (κ2) is 10.4. The van der Waals surface area contributed by atoms with Gasteiger partial charge in [0.25, 0.3) is 6.71 Å². The van der Waals surface area contributed by atoms with Crippen LogP contribution < -0.4 is 26.2 Å². The summed E-state index contributed by atoms with van der Waals surface area (Å²) < 4.78 is 2.52. The van der Waals surface area contributed by atoms with Gasteiger partial charge in [0.05, 0.1) is 28.1 Å². The maximum absolute atomic E-state index is 2.66. The quantitative estimate of drug-likeness (QED) is 0.156. The van der Waals surface area contributed by atoms with E-state index in [0.29, 0.717) is 0 Å². The zero-order chi connectivity index (χ0) is 38.2. The minimum Gasteiger partial charge on any atom is -0.311 e. The molecule has 1 aromatic heterocycles. The molecule has 0 atom stereocenters. The van der Waals surface area contributed by atoms with Crippen LogP contribution in [0.5, 0.6) is 0 Å². The minimum atomic E-state index is -0.176. The number of fused-ring (bicyclic) bond motifs is 11. The lowest BCUT2D eigenvalue weighted by Gasteiger charge is -2.52. The summed E-state index contributed by atoms with van der Waals surface area (Å²) >= 11 is 0. The fourth-order valence-corrected chi connectivity index (χ4v) is 11.3. The van der Waals surface area contributed by atoms with E-state index in [-0.39, 0.29) is 17.5 Å². The van der Waals surface area contributed by atoms with Gasteiger partial charge in [-0.05, 0) is 103 Å². The van der Waals surface area contributed by atoms with Crippen LogP contribution in [0.4, 0.5) is 34.1 Å². The highest BCUT2D eigenvalue weighted by atomic mass is 15.2. The van der Waals surface area contributed by atoms with Gasteiger partial charge in [0.1, 0.15) is 0 Å². The Kier molecular flexibility index (Phi) is 6.02. The second-order valence-corrected chi connectivity index (χ2v) is 18.2. The number of anilines is 6. The van der Waals surface area contributed by atoms with Crippen LogP contribution in [0.3, 0.4) is 0 Å². The van der Waals surface area contributed by atoms with Crippen molar-refractivity contribution in [1.29, 1.82) is 0 Å². The zero-order valence-corrected chi connectivity index (χ0v) is 33.5. The number of aromatic nitrogens is 1. The van der Waals surface area contributed by atoms with E-state index < -0.39 is 0 Å². The Bertz CT molecular complexity index is 2900. The first-order valence-electron chi connectivity index (χ1n) is 20.2. The first kappa shape index (κ1) is 32.3. The Morgan fingerprint density at radius 1 is 0.429 bits per heavy atom. The van der Waals surface area contributed by atoms with Crippen LogP contribution in [-0.4, -0.2) is 11.3 Å². The lowest BCUT2D eigenvalue weighted by molar-refractivity contribution is 0.630.